The van der Waals surface area contributed by atoms with Gasteiger partial charge in [-0.25, -0.2) is 9.78 Å². The molecule has 1 aromatic heterocycles. The van der Waals surface area contributed by atoms with Crippen LogP contribution in [0.3, 0.4) is 0 Å². The van der Waals surface area contributed by atoms with E-state index in [2.05, 4.69) is 4.98 Å². The van der Waals surface area contributed by atoms with Crippen molar-refractivity contribution in [1.82, 2.24) is 4.98 Å². The van der Waals surface area contributed by atoms with Gasteiger partial charge in [0.25, 0.3) is 5.69 Å². The molecule has 0 unspecified atom stereocenters. The number of carbonyl (C=O) groups excluding carboxylic acids is 1. The second-order valence-electron chi connectivity index (χ2n) is 7.39. The quantitative estimate of drug-likeness (QED) is 0.462. The number of para-hydroxylation sites is 1. The Bertz CT molecular complexity index is 1040. The number of rotatable bonds is 3. The van der Waals surface area contributed by atoms with Crippen molar-refractivity contribution in [2.24, 2.45) is 0 Å². The molecule has 1 heterocycles. The summed E-state index contributed by atoms with van der Waals surface area (Å²) < 4.78 is 5.36. The third kappa shape index (κ3) is 4.09. The van der Waals surface area contributed by atoms with Crippen LogP contribution < -0.4 is 4.90 Å². The van der Waals surface area contributed by atoms with Crippen LogP contribution in [-0.4, -0.2) is 28.6 Å². The summed E-state index contributed by atoms with van der Waals surface area (Å²) in [5.41, 5.74) is 1.84. The molecule has 28 heavy (non-hydrogen) atoms. The lowest BCUT2D eigenvalue weighted by Gasteiger charge is -2.24. The number of benzene rings is 2. The van der Waals surface area contributed by atoms with Gasteiger partial charge in [-0.3, -0.25) is 15.0 Å². The minimum Gasteiger partial charge on any atom is -0.443 e. The SMILES string of the molecule is CN(C(=O)OC(C)(C)C)c1ccc(-c2cc([N+](=O)[O-])c3ccccc3n2)cc1. The maximum absolute atomic E-state index is 12.2. The molecule has 0 saturated heterocycles. The number of aromatic nitrogens is 1. The number of pyridine rings is 1. The van der Waals surface area contributed by atoms with Gasteiger partial charge >= 0.3 is 6.09 Å². The van der Waals surface area contributed by atoms with E-state index in [1.54, 1.807) is 76.3 Å². The van der Waals surface area contributed by atoms with E-state index in [0.29, 0.717) is 22.3 Å². The molecule has 7 nitrogen and oxygen atoms in total. The third-order valence-electron chi connectivity index (χ3n) is 4.11. The molecule has 144 valence electrons. The molecule has 0 radical (unpaired) electrons. The number of fused-ring (bicyclic) bond motifs is 1. The maximum atomic E-state index is 12.2. The molecule has 0 bridgehead atoms. The molecule has 0 fully saturated rings. The van der Waals surface area contributed by atoms with E-state index in [-0.39, 0.29) is 5.69 Å². The minimum absolute atomic E-state index is 0.00977. The van der Waals surface area contributed by atoms with E-state index >= 15 is 0 Å². The molecule has 1 amide bonds. The topological polar surface area (TPSA) is 85.6 Å². The molecule has 0 aliphatic rings. The second kappa shape index (κ2) is 7.26. The van der Waals surface area contributed by atoms with Crippen LogP contribution >= 0.6 is 0 Å². The predicted octanol–water partition coefficient (Wildman–Crippen LogP) is 5.18. The van der Waals surface area contributed by atoms with Crippen LogP contribution in [0.1, 0.15) is 20.8 Å². The van der Waals surface area contributed by atoms with Crippen molar-refractivity contribution in [2.45, 2.75) is 26.4 Å². The van der Waals surface area contributed by atoms with Gasteiger partial charge in [0.1, 0.15) is 5.60 Å². The molecule has 7 heteroatoms. The Labute approximate surface area is 162 Å². The van der Waals surface area contributed by atoms with Crippen LogP contribution in [0.15, 0.2) is 54.6 Å². The number of hydrogen-bond donors (Lipinski definition) is 0. The fraction of sp³-hybridized carbons (Fsp3) is 0.238. The normalized spacial score (nSPS) is 11.3. The predicted molar refractivity (Wildman–Crippen MR) is 108 cm³/mol. The number of ether oxygens (including phenoxy) is 1. The number of nitrogens with zero attached hydrogens (tertiary/aromatic N) is 3. The van der Waals surface area contributed by atoms with Crippen LogP contribution in [0.5, 0.6) is 0 Å². The molecule has 0 atom stereocenters. The third-order valence-corrected chi connectivity index (χ3v) is 4.11. The summed E-state index contributed by atoms with van der Waals surface area (Å²) in [4.78, 5) is 29.2. The second-order valence-corrected chi connectivity index (χ2v) is 7.39. The molecule has 0 aliphatic heterocycles. The zero-order valence-corrected chi connectivity index (χ0v) is 16.2. The van der Waals surface area contributed by atoms with E-state index in [1.165, 1.54) is 11.0 Å². The summed E-state index contributed by atoms with van der Waals surface area (Å²) in [5, 5.41) is 11.9. The Morgan fingerprint density at radius 2 is 1.75 bits per heavy atom. The van der Waals surface area contributed by atoms with Gasteiger partial charge in [-0.1, -0.05) is 24.3 Å². The molecule has 3 rings (SSSR count). The molecule has 0 aliphatic carbocycles. The molecule has 2 aromatic carbocycles. The first-order valence-electron chi connectivity index (χ1n) is 8.77. The highest BCUT2D eigenvalue weighted by molar-refractivity contribution is 5.91. The summed E-state index contributed by atoms with van der Waals surface area (Å²) >= 11 is 0. The summed E-state index contributed by atoms with van der Waals surface area (Å²) in [6.45, 7) is 5.42. The number of carbonyl (C=O) groups is 1. The summed E-state index contributed by atoms with van der Waals surface area (Å²) in [5.74, 6) is 0. The number of amides is 1. The van der Waals surface area contributed by atoms with Crippen LogP contribution in [0, 0.1) is 10.1 Å². The Kier molecular flexibility index (Phi) is 5.00. The van der Waals surface area contributed by atoms with Crippen LogP contribution in [-0.2, 0) is 4.74 Å². The molecule has 0 saturated carbocycles. The number of nitro groups is 1. The molecule has 3 aromatic rings. The highest BCUT2D eigenvalue weighted by Gasteiger charge is 2.21. The zero-order valence-electron chi connectivity index (χ0n) is 16.2. The Hall–Kier alpha value is -3.48. The molecular formula is C21H21N3O4. The fourth-order valence-corrected chi connectivity index (χ4v) is 2.75. The van der Waals surface area contributed by atoms with Gasteiger partial charge < -0.3 is 4.74 Å². The smallest absolute Gasteiger partial charge is 0.414 e. The van der Waals surface area contributed by atoms with Crippen LogP contribution in [0.4, 0.5) is 16.2 Å². The summed E-state index contributed by atoms with van der Waals surface area (Å²) in [6.07, 6.45) is -0.459. The Balaban J connectivity index is 1.94. The van der Waals surface area contributed by atoms with Crippen molar-refractivity contribution in [3.63, 3.8) is 0 Å². The monoisotopic (exact) mass is 379 g/mol. The largest absolute Gasteiger partial charge is 0.443 e. The molecule has 0 N–H and O–H groups in total. The van der Waals surface area contributed by atoms with E-state index in [9.17, 15) is 14.9 Å². The van der Waals surface area contributed by atoms with E-state index in [4.69, 9.17) is 4.74 Å². The van der Waals surface area contributed by atoms with Crippen LogP contribution in [0.25, 0.3) is 22.2 Å². The van der Waals surface area contributed by atoms with Crippen molar-refractivity contribution in [1.29, 1.82) is 0 Å². The lowest BCUT2D eigenvalue weighted by Crippen LogP contribution is -2.34. The highest BCUT2D eigenvalue weighted by atomic mass is 16.6. The Morgan fingerprint density at radius 1 is 1.11 bits per heavy atom. The first kappa shape index (κ1) is 19.3. The van der Waals surface area contributed by atoms with Gasteiger partial charge in [0.15, 0.2) is 0 Å². The van der Waals surface area contributed by atoms with Gasteiger partial charge in [-0.2, -0.15) is 0 Å². The van der Waals surface area contributed by atoms with Gasteiger partial charge in [0.2, 0.25) is 0 Å². The summed E-state index contributed by atoms with van der Waals surface area (Å²) in [7, 11) is 1.63. The summed E-state index contributed by atoms with van der Waals surface area (Å²) in [6, 6.07) is 15.5. The van der Waals surface area contributed by atoms with Crippen molar-refractivity contribution < 1.29 is 14.5 Å². The molecule has 0 spiro atoms. The van der Waals surface area contributed by atoms with Crippen molar-refractivity contribution in [2.75, 3.05) is 11.9 Å². The van der Waals surface area contributed by atoms with Gasteiger partial charge in [-0.05, 0) is 45.0 Å². The first-order valence-corrected chi connectivity index (χ1v) is 8.77. The number of anilines is 1. The lowest BCUT2D eigenvalue weighted by atomic mass is 10.1. The van der Waals surface area contributed by atoms with Crippen molar-refractivity contribution >= 4 is 28.4 Å². The van der Waals surface area contributed by atoms with E-state index < -0.39 is 16.6 Å². The standard InChI is InChI=1S/C21H21N3O4/c1-21(2,3)28-20(25)23(4)15-11-9-14(10-12-15)18-13-19(24(26)27)16-7-5-6-8-17(16)22-18/h5-13H,1-4H3. The maximum Gasteiger partial charge on any atom is 0.414 e. The number of hydrogen-bond acceptors (Lipinski definition) is 5. The van der Waals surface area contributed by atoms with Crippen molar-refractivity contribution in [3.05, 3.63) is 64.7 Å². The van der Waals surface area contributed by atoms with E-state index in [1.807, 2.05) is 0 Å². The fourth-order valence-electron chi connectivity index (χ4n) is 2.75. The highest BCUT2D eigenvalue weighted by Crippen LogP contribution is 2.30. The van der Waals surface area contributed by atoms with Gasteiger partial charge in [-0.15, -0.1) is 0 Å². The van der Waals surface area contributed by atoms with E-state index in [0.717, 1.165) is 5.56 Å². The Morgan fingerprint density at radius 3 is 2.36 bits per heavy atom. The zero-order chi connectivity index (χ0) is 20.5. The molecular weight excluding hydrogens is 358 g/mol. The van der Waals surface area contributed by atoms with Crippen LogP contribution in [0.2, 0.25) is 0 Å². The van der Waals surface area contributed by atoms with Crippen molar-refractivity contribution in [3.8, 4) is 11.3 Å². The minimum atomic E-state index is -0.584. The average Bonchev–Trinajstić information content (AvgIpc) is 2.65. The first-order chi connectivity index (χ1) is 13.2. The van der Waals surface area contributed by atoms with Gasteiger partial charge in [0, 0.05) is 24.4 Å². The average molecular weight is 379 g/mol. The van der Waals surface area contributed by atoms with Gasteiger partial charge in [0.05, 0.1) is 21.5 Å². The lowest BCUT2D eigenvalue weighted by molar-refractivity contribution is -0.383.